The Balaban J connectivity index is 1.28. The molecule has 3 heterocycles. The third-order valence-electron chi connectivity index (χ3n) is 6.07. The number of hydrogen-bond donors (Lipinski definition) is 1. The molecule has 4 heteroatoms. The zero-order valence-electron chi connectivity index (χ0n) is 15.2. The van der Waals surface area contributed by atoms with Crippen LogP contribution in [0.25, 0.3) is 0 Å². The van der Waals surface area contributed by atoms with Crippen molar-refractivity contribution in [2.45, 2.75) is 57.5 Å². The Morgan fingerprint density at radius 1 is 1.08 bits per heavy atom. The highest BCUT2D eigenvalue weighted by Crippen LogP contribution is 2.31. The predicted octanol–water partition coefficient (Wildman–Crippen LogP) is 3.19. The summed E-state index contributed by atoms with van der Waals surface area (Å²) in [5.41, 5.74) is 0. The number of hydrogen-bond acceptors (Lipinski definition) is 4. The Kier molecular flexibility index (Phi) is 5.25. The van der Waals surface area contributed by atoms with E-state index >= 15 is 0 Å². The third-order valence-corrected chi connectivity index (χ3v) is 6.07. The molecular weight excluding hydrogens is 298 g/mol. The molecule has 0 radical (unpaired) electrons. The first kappa shape index (κ1) is 16.6. The van der Waals surface area contributed by atoms with E-state index in [9.17, 15) is 0 Å². The van der Waals surface area contributed by atoms with E-state index in [-0.39, 0.29) is 0 Å². The van der Waals surface area contributed by atoms with Crippen molar-refractivity contribution >= 4 is 0 Å². The number of furan rings is 1. The van der Waals surface area contributed by atoms with E-state index in [4.69, 9.17) is 4.42 Å². The molecule has 1 saturated carbocycles. The SMILES string of the molecule is Cc1ccc([C@H](CNC2CCN(CC3CC3)CC2)N2CCCC2)o1. The summed E-state index contributed by atoms with van der Waals surface area (Å²) < 4.78 is 5.98. The van der Waals surface area contributed by atoms with Crippen LogP contribution in [-0.4, -0.2) is 55.1 Å². The highest BCUT2D eigenvalue weighted by Gasteiger charge is 2.29. The molecule has 3 aliphatic rings. The van der Waals surface area contributed by atoms with Crippen LogP contribution in [0.1, 0.15) is 56.1 Å². The molecule has 3 fully saturated rings. The van der Waals surface area contributed by atoms with Crippen molar-refractivity contribution in [2.24, 2.45) is 5.92 Å². The molecule has 1 aromatic rings. The highest BCUT2D eigenvalue weighted by molar-refractivity contribution is 5.11. The maximum Gasteiger partial charge on any atom is 0.122 e. The Morgan fingerprint density at radius 2 is 1.83 bits per heavy atom. The van der Waals surface area contributed by atoms with Gasteiger partial charge in [-0.15, -0.1) is 0 Å². The van der Waals surface area contributed by atoms with Crippen LogP contribution in [0.15, 0.2) is 16.5 Å². The topological polar surface area (TPSA) is 31.6 Å². The second-order valence-electron chi connectivity index (χ2n) is 8.13. The van der Waals surface area contributed by atoms with Gasteiger partial charge in [-0.1, -0.05) is 0 Å². The van der Waals surface area contributed by atoms with Crippen LogP contribution < -0.4 is 5.32 Å². The van der Waals surface area contributed by atoms with Crippen molar-refractivity contribution in [1.82, 2.24) is 15.1 Å². The molecule has 1 aliphatic carbocycles. The summed E-state index contributed by atoms with van der Waals surface area (Å²) in [6.07, 6.45) is 8.20. The Hall–Kier alpha value is -0.840. The van der Waals surface area contributed by atoms with Crippen LogP contribution in [0.2, 0.25) is 0 Å². The van der Waals surface area contributed by atoms with Crippen molar-refractivity contribution < 1.29 is 4.42 Å². The van der Waals surface area contributed by atoms with Crippen molar-refractivity contribution in [2.75, 3.05) is 39.3 Å². The summed E-state index contributed by atoms with van der Waals surface area (Å²) in [7, 11) is 0. The van der Waals surface area contributed by atoms with Gasteiger partial charge in [0.1, 0.15) is 11.5 Å². The van der Waals surface area contributed by atoms with Gasteiger partial charge in [0, 0.05) is 19.1 Å². The minimum atomic E-state index is 0.408. The van der Waals surface area contributed by atoms with Gasteiger partial charge in [0.05, 0.1) is 6.04 Å². The van der Waals surface area contributed by atoms with Gasteiger partial charge in [-0.2, -0.15) is 0 Å². The largest absolute Gasteiger partial charge is 0.465 e. The molecule has 2 saturated heterocycles. The number of piperidine rings is 1. The molecule has 4 rings (SSSR count). The summed E-state index contributed by atoms with van der Waals surface area (Å²) in [4.78, 5) is 5.29. The average molecular weight is 332 g/mol. The van der Waals surface area contributed by atoms with Gasteiger partial charge in [-0.05, 0) is 89.7 Å². The first-order valence-electron chi connectivity index (χ1n) is 10.0. The molecule has 0 unspecified atom stereocenters. The second-order valence-corrected chi connectivity index (χ2v) is 8.13. The van der Waals surface area contributed by atoms with Crippen molar-refractivity contribution in [3.05, 3.63) is 23.7 Å². The van der Waals surface area contributed by atoms with Crippen LogP contribution in [0.5, 0.6) is 0 Å². The number of likely N-dealkylation sites (tertiary alicyclic amines) is 2. The third kappa shape index (κ3) is 4.22. The van der Waals surface area contributed by atoms with Gasteiger partial charge >= 0.3 is 0 Å². The van der Waals surface area contributed by atoms with E-state index in [1.165, 1.54) is 71.2 Å². The minimum Gasteiger partial charge on any atom is -0.465 e. The van der Waals surface area contributed by atoms with Crippen molar-refractivity contribution in [3.63, 3.8) is 0 Å². The molecule has 1 aromatic heterocycles. The first-order valence-corrected chi connectivity index (χ1v) is 10.0. The Bertz CT molecular complexity index is 511. The fraction of sp³-hybridized carbons (Fsp3) is 0.800. The fourth-order valence-corrected chi connectivity index (χ4v) is 4.36. The van der Waals surface area contributed by atoms with E-state index < -0.39 is 0 Å². The lowest BCUT2D eigenvalue weighted by Gasteiger charge is -2.34. The van der Waals surface area contributed by atoms with E-state index in [2.05, 4.69) is 27.2 Å². The van der Waals surface area contributed by atoms with Crippen molar-refractivity contribution in [1.29, 1.82) is 0 Å². The monoisotopic (exact) mass is 331 g/mol. The van der Waals surface area contributed by atoms with E-state index in [1.807, 2.05) is 6.92 Å². The van der Waals surface area contributed by atoms with Crippen molar-refractivity contribution in [3.8, 4) is 0 Å². The first-order chi connectivity index (χ1) is 11.8. The van der Waals surface area contributed by atoms with Crippen LogP contribution in [0, 0.1) is 12.8 Å². The standard InChI is InChI=1S/C20H33N3O/c1-16-4-7-20(24-16)19(23-10-2-3-11-23)14-21-18-8-12-22(13-9-18)15-17-5-6-17/h4,7,17-19,21H,2-3,5-6,8-15H2,1H3/t19-/m0/s1. The number of aryl methyl sites for hydroxylation is 1. The average Bonchev–Trinajstić information content (AvgIpc) is 3.07. The molecule has 0 aromatic carbocycles. The highest BCUT2D eigenvalue weighted by atomic mass is 16.3. The molecule has 1 N–H and O–H groups in total. The predicted molar refractivity (Wildman–Crippen MR) is 97.2 cm³/mol. The van der Waals surface area contributed by atoms with Gasteiger partial charge < -0.3 is 14.6 Å². The van der Waals surface area contributed by atoms with Crippen LogP contribution in [0.4, 0.5) is 0 Å². The molecule has 0 bridgehead atoms. The minimum absolute atomic E-state index is 0.408. The lowest BCUT2D eigenvalue weighted by Crippen LogP contribution is -2.45. The normalized spacial score (nSPS) is 25.4. The van der Waals surface area contributed by atoms with E-state index in [1.54, 1.807) is 0 Å². The molecule has 4 nitrogen and oxygen atoms in total. The molecule has 2 aliphatic heterocycles. The van der Waals surface area contributed by atoms with E-state index in [0.29, 0.717) is 12.1 Å². The van der Waals surface area contributed by atoms with Gasteiger partial charge in [-0.25, -0.2) is 0 Å². The smallest absolute Gasteiger partial charge is 0.122 e. The second kappa shape index (κ2) is 7.59. The van der Waals surface area contributed by atoms with Crippen LogP contribution in [-0.2, 0) is 0 Å². The Morgan fingerprint density at radius 3 is 2.46 bits per heavy atom. The zero-order valence-corrected chi connectivity index (χ0v) is 15.2. The molecule has 24 heavy (non-hydrogen) atoms. The van der Waals surface area contributed by atoms with Gasteiger partial charge in [0.15, 0.2) is 0 Å². The summed E-state index contributed by atoms with van der Waals surface area (Å²) in [5, 5.41) is 3.87. The molecule has 0 amide bonds. The number of nitrogens with one attached hydrogen (secondary N) is 1. The summed E-state index contributed by atoms with van der Waals surface area (Å²) >= 11 is 0. The van der Waals surface area contributed by atoms with E-state index in [0.717, 1.165) is 24.0 Å². The molecule has 0 spiro atoms. The maximum atomic E-state index is 5.98. The lowest BCUT2D eigenvalue weighted by molar-refractivity contribution is 0.169. The fourth-order valence-electron chi connectivity index (χ4n) is 4.36. The maximum absolute atomic E-state index is 5.98. The van der Waals surface area contributed by atoms with Gasteiger partial charge in [0.2, 0.25) is 0 Å². The van der Waals surface area contributed by atoms with Gasteiger partial charge in [-0.3, -0.25) is 4.90 Å². The van der Waals surface area contributed by atoms with Crippen LogP contribution in [0.3, 0.4) is 0 Å². The quantitative estimate of drug-likeness (QED) is 0.831. The molecule has 134 valence electrons. The summed E-state index contributed by atoms with van der Waals surface area (Å²) in [6.45, 7) is 9.42. The van der Waals surface area contributed by atoms with Gasteiger partial charge in [0.25, 0.3) is 0 Å². The molecular formula is C20H33N3O. The number of rotatable bonds is 7. The summed E-state index contributed by atoms with van der Waals surface area (Å²) in [6, 6.07) is 5.37. The van der Waals surface area contributed by atoms with Crippen LogP contribution >= 0.6 is 0 Å². The Labute approximate surface area is 146 Å². The summed E-state index contributed by atoms with van der Waals surface area (Å²) in [5.74, 6) is 3.20. The zero-order chi connectivity index (χ0) is 16.4. The molecule has 1 atom stereocenters. The lowest BCUT2D eigenvalue weighted by atomic mass is 10.0. The number of nitrogens with zero attached hydrogens (tertiary/aromatic N) is 2.